The summed E-state index contributed by atoms with van der Waals surface area (Å²) in [6, 6.07) is 4.31. The third kappa shape index (κ3) is 5.17. The quantitative estimate of drug-likeness (QED) is 0.619. The van der Waals surface area contributed by atoms with E-state index in [2.05, 4.69) is 35.5 Å². The number of nitrogens with zero attached hydrogens (tertiary/aromatic N) is 4. The Morgan fingerprint density at radius 3 is 2.56 bits per heavy atom. The van der Waals surface area contributed by atoms with Gasteiger partial charge < -0.3 is 15.2 Å². The van der Waals surface area contributed by atoms with Crippen LogP contribution in [0.2, 0.25) is 0 Å². The first-order chi connectivity index (χ1) is 15.8. The first kappa shape index (κ1) is 24.8. The third-order valence-electron chi connectivity index (χ3n) is 7.36. The Bertz CT molecular complexity index is 1020. The number of hydrogen-bond acceptors (Lipinski definition) is 6. The minimum Gasteiger partial charge on any atom is -0.402 e. The van der Waals surface area contributed by atoms with E-state index in [0.29, 0.717) is 29.3 Å². The Kier molecular flexibility index (Phi) is 6.58. The molecule has 1 saturated carbocycles. The van der Waals surface area contributed by atoms with Crippen LogP contribution in [-0.2, 0) is 11.2 Å². The number of rotatable bonds is 7. The second-order valence-electron chi connectivity index (χ2n) is 10.6. The monoisotopic (exact) mass is 481 g/mol. The lowest BCUT2D eigenvalue weighted by molar-refractivity contribution is -0.274. The first-order valence-corrected chi connectivity index (χ1v) is 11.7. The molecule has 2 atom stereocenters. The van der Waals surface area contributed by atoms with Crippen molar-refractivity contribution in [2.24, 2.45) is 11.3 Å². The Hall–Kier alpha value is -2.33. The zero-order chi connectivity index (χ0) is 24.8. The molecular formula is C24H34F3N5O2. The van der Waals surface area contributed by atoms with E-state index in [1.54, 1.807) is 0 Å². The van der Waals surface area contributed by atoms with Gasteiger partial charge in [0.15, 0.2) is 11.6 Å². The Labute approximate surface area is 198 Å². The van der Waals surface area contributed by atoms with E-state index in [1.165, 1.54) is 12.3 Å². The molecule has 4 rings (SSSR count). The highest BCUT2D eigenvalue weighted by Gasteiger charge is 2.44. The van der Waals surface area contributed by atoms with Gasteiger partial charge in [-0.1, -0.05) is 13.8 Å². The van der Waals surface area contributed by atoms with Crippen molar-refractivity contribution in [3.05, 3.63) is 24.0 Å². The van der Waals surface area contributed by atoms with Gasteiger partial charge in [0.05, 0.1) is 24.9 Å². The fourth-order valence-corrected chi connectivity index (χ4v) is 5.16. The maximum Gasteiger partial charge on any atom is 0.573 e. The van der Waals surface area contributed by atoms with Crippen LogP contribution in [0.3, 0.4) is 0 Å². The van der Waals surface area contributed by atoms with Gasteiger partial charge >= 0.3 is 6.36 Å². The van der Waals surface area contributed by atoms with E-state index in [9.17, 15) is 13.2 Å². The molecule has 2 aliphatic rings. The molecule has 0 aromatic carbocycles. The molecular weight excluding hydrogens is 447 g/mol. The summed E-state index contributed by atoms with van der Waals surface area (Å²) in [5, 5.41) is 4.71. The van der Waals surface area contributed by atoms with Gasteiger partial charge in [-0.2, -0.15) is 5.10 Å². The Morgan fingerprint density at radius 1 is 1.26 bits per heavy atom. The van der Waals surface area contributed by atoms with Gasteiger partial charge in [-0.25, -0.2) is 4.98 Å². The molecule has 1 unspecified atom stereocenters. The Balaban J connectivity index is 1.58. The zero-order valence-corrected chi connectivity index (χ0v) is 20.4. The van der Waals surface area contributed by atoms with Crippen LogP contribution < -0.4 is 10.5 Å². The van der Waals surface area contributed by atoms with Crippen molar-refractivity contribution in [2.75, 3.05) is 26.0 Å². The Morgan fingerprint density at radius 2 is 1.97 bits per heavy atom. The molecule has 1 saturated heterocycles. The van der Waals surface area contributed by atoms with Gasteiger partial charge in [-0.05, 0) is 63.6 Å². The van der Waals surface area contributed by atoms with Crippen LogP contribution in [0.5, 0.6) is 5.75 Å². The molecule has 10 heteroatoms. The first-order valence-electron chi connectivity index (χ1n) is 11.7. The number of hydrogen-bond donors (Lipinski definition) is 1. The average Bonchev–Trinajstić information content (AvgIpc) is 3.22. The molecule has 3 heterocycles. The maximum absolute atomic E-state index is 12.8. The van der Waals surface area contributed by atoms with E-state index < -0.39 is 12.1 Å². The van der Waals surface area contributed by atoms with E-state index in [-0.39, 0.29) is 17.3 Å². The molecule has 1 aliphatic heterocycles. The molecule has 2 fully saturated rings. The van der Waals surface area contributed by atoms with Crippen LogP contribution >= 0.6 is 0 Å². The van der Waals surface area contributed by atoms with Gasteiger partial charge in [-0.3, -0.25) is 9.58 Å². The summed E-state index contributed by atoms with van der Waals surface area (Å²) in [6.07, 6.45) is -0.363. The molecule has 0 radical (unpaired) electrons. The average molecular weight is 482 g/mol. The minimum atomic E-state index is -4.85. The van der Waals surface area contributed by atoms with Crippen molar-refractivity contribution in [3.63, 3.8) is 0 Å². The molecule has 188 valence electrons. The number of likely N-dealkylation sites (N-methyl/N-ethyl adjacent to an activating group) is 1. The number of alkyl halides is 3. The van der Waals surface area contributed by atoms with E-state index in [1.807, 2.05) is 24.6 Å². The molecule has 1 aliphatic carbocycles. The smallest absolute Gasteiger partial charge is 0.402 e. The summed E-state index contributed by atoms with van der Waals surface area (Å²) in [5.74, 6) is -0.380. The van der Waals surface area contributed by atoms with Crippen molar-refractivity contribution in [3.8, 4) is 17.0 Å². The summed E-state index contributed by atoms with van der Waals surface area (Å²) in [5.41, 5.74) is 7.81. The molecule has 2 aromatic rings. The molecule has 7 nitrogen and oxygen atoms in total. The highest BCUT2D eigenvalue weighted by molar-refractivity contribution is 5.64. The molecule has 0 spiro atoms. The van der Waals surface area contributed by atoms with Crippen molar-refractivity contribution in [2.45, 2.75) is 71.4 Å². The van der Waals surface area contributed by atoms with E-state index in [4.69, 9.17) is 15.6 Å². The van der Waals surface area contributed by atoms with Crippen LogP contribution in [0.4, 0.5) is 19.0 Å². The summed E-state index contributed by atoms with van der Waals surface area (Å²) in [4.78, 5) is 6.37. The number of ether oxygens (including phenoxy) is 2. The SMILES string of the molecule is CC(C)n1nc(-c2cnc(N)c(OC(F)(F)F)c2)cc1C[C@@H]1CC(N(C)C2COC2)CC1(C)C. The molecule has 34 heavy (non-hydrogen) atoms. The van der Waals surface area contributed by atoms with Gasteiger partial charge in [-0.15, -0.1) is 13.2 Å². The number of aromatic nitrogens is 3. The second-order valence-corrected chi connectivity index (χ2v) is 10.6. The van der Waals surface area contributed by atoms with Gasteiger partial charge in [0.25, 0.3) is 0 Å². The van der Waals surface area contributed by atoms with Gasteiger partial charge in [0.2, 0.25) is 0 Å². The van der Waals surface area contributed by atoms with Crippen LogP contribution in [0.25, 0.3) is 11.3 Å². The number of nitrogens with two attached hydrogens (primary N) is 1. The number of halogens is 3. The lowest BCUT2D eigenvalue weighted by Crippen LogP contribution is -2.50. The fourth-order valence-electron chi connectivity index (χ4n) is 5.16. The van der Waals surface area contributed by atoms with Crippen LogP contribution in [0.15, 0.2) is 18.3 Å². The largest absolute Gasteiger partial charge is 0.573 e. The van der Waals surface area contributed by atoms with Crippen molar-refractivity contribution in [1.82, 2.24) is 19.7 Å². The summed E-state index contributed by atoms with van der Waals surface area (Å²) < 4.78 is 49.7. The number of anilines is 1. The van der Waals surface area contributed by atoms with Crippen LogP contribution in [0, 0.1) is 11.3 Å². The third-order valence-corrected chi connectivity index (χ3v) is 7.36. The van der Waals surface area contributed by atoms with Crippen LogP contribution in [-0.4, -0.2) is 58.4 Å². The molecule has 0 bridgehead atoms. The van der Waals surface area contributed by atoms with E-state index in [0.717, 1.165) is 38.2 Å². The maximum atomic E-state index is 12.8. The van der Waals surface area contributed by atoms with Crippen LogP contribution in [0.1, 0.15) is 52.3 Å². The summed E-state index contributed by atoms with van der Waals surface area (Å²) >= 11 is 0. The predicted octanol–water partition coefficient (Wildman–Crippen LogP) is 4.68. The predicted molar refractivity (Wildman–Crippen MR) is 123 cm³/mol. The zero-order valence-electron chi connectivity index (χ0n) is 20.4. The van der Waals surface area contributed by atoms with Gasteiger partial charge in [0.1, 0.15) is 0 Å². The highest BCUT2D eigenvalue weighted by atomic mass is 19.4. The standard InChI is InChI=1S/C24H34F3N5O2/c1-14(2)32-17(7-16-8-18(10-23(16,3)4)31(5)19-12-33-13-19)9-20(30-32)15-6-21(22(28)29-11-15)34-24(25,26)27/h6,9,11,14,16,18-19H,7-8,10,12-13H2,1-5H3,(H2,28,29)/t16-,18?/m1/s1. The number of nitrogen functional groups attached to an aromatic ring is 1. The highest BCUT2D eigenvalue weighted by Crippen LogP contribution is 2.47. The molecule has 0 amide bonds. The van der Waals surface area contributed by atoms with E-state index >= 15 is 0 Å². The topological polar surface area (TPSA) is 78.4 Å². The summed E-state index contributed by atoms with van der Waals surface area (Å²) in [7, 11) is 2.20. The minimum absolute atomic E-state index is 0.103. The lowest BCUT2D eigenvalue weighted by Gasteiger charge is -2.38. The molecule has 2 aromatic heterocycles. The normalized spacial score (nSPS) is 23.0. The summed E-state index contributed by atoms with van der Waals surface area (Å²) in [6.45, 7) is 10.3. The lowest BCUT2D eigenvalue weighted by atomic mass is 9.79. The van der Waals surface area contributed by atoms with Gasteiger partial charge in [0, 0.05) is 29.5 Å². The fraction of sp³-hybridized carbons (Fsp3) is 0.667. The molecule has 2 N–H and O–H groups in total. The second kappa shape index (κ2) is 9.03. The number of pyridine rings is 1. The van der Waals surface area contributed by atoms with Crippen molar-refractivity contribution < 1.29 is 22.6 Å². The van der Waals surface area contributed by atoms with Crippen molar-refractivity contribution >= 4 is 5.82 Å². The van der Waals surface area contributed by atoms with Crippen molar-refractivity contribution in [1.29, 1.82) is 0 Å².